The number of nitrogens with zero attached hydrogens (tertiary/aromatic N) is 1. The Balaban J connectivity index is 3.93. The van der Waals surface area contributed by atoms with Crippen LogP contribution >= 0.6 is 0 Å². The molecule has 0 bridgehead atoms. The monoisotopic (exact) mass is 313 g/mol. The number of aliphatic carboxylic acids is 1. The zero-order valence-corrected chi connectivity index (χ0v) is 15.4. The molecule has 0 radical (unpaired) electrons. The lowest BCUT2D eigenvalue weighted by atomic mass is 10.1. The molecule has 0 N–H and O–H groups in total. The lowest BCUT2D eigenvalue weighted by Gasteiger charge is -2.35. The summed E-state index contributed by atoms with van der Waals surface area (Å²) in [6.07, 6.45) is 15.2. The molecule has 0 aliphatic carbocycles. The van der Waals surface area contributed by atoms with Gasteiger partial charge < -0.3 is 14.4 Å². The number of hydrogen-bond acceptors (Lipinski definition) is 2. The van der Waals surface area contributed by atoms with E-state index in [2.05, 4.69) is 20.9 Å². The van der Waals surface area contributed by atoms with Crippen molar-refractivity contribution in [1.82, 2.24) is 0 Å². The molecule has 22 heavy (non-hydrogen) atoms. The minimum absolute atomic E-state index is 0.171. The first-order chi connectivity index (χ1) is 10.5. The van der Waals surface area contributed by atoms with Gasteiger partial charge in [-0.2, -0.15) is 0 Å². The van der Waals surface area contributed by atoms with Gasteiger partial charge >= 0.3 is 0 Å². The lowest BCUT2D eigenvalue weighted by molar-refractivity contribution is -0.904. The average molecular weight is 314 g/mol. The molecule has 0 unspecified atom stereocenters. The van der Waals surface area contributed by atoms with Crippen LogP contribution in [0, 0.1) is 0 Å². The summed E-state index contributed by atoms with van der Waals surface area (Å²) in [4.78, 5) is 11.0. The molecule has 0 saturated carbocycles. The Kier molecular flexibility index (Phi) is 13.7. The third-order valence-corrected chi connectivity index (χ3v) is 4.61. The molecule has 0 heterocycles. The van der Waals surface area contributed by atoms with Crippen molar-refractivity contribution in [1.29, 1.82) is 0 Å². The van der Waals surface area contributed by atoms with Gasteiger partial charge in [0.15, 0.2) is 0 Å². The Bertz CT molecular complexity index is 250. The molecule has 0 atom stereocenters. The quantitative estimate of drug-likeness (QED) is 0.320. The van der Waals surface area contributed by atoms with Crippen molar-refractivity contribution in [2.45, 2.75) is 90.9 Å². The number of carboxylic acid groups (broad SMARTS) is 1. The van der Waals surface area contributed by atoms with Crippen LogP contribution < -0.4 is 5.11 Å². The van der Waals surface area contributed by atoms with Crippen molar-refractivity contribution in [2.24, 2.45) is 0 Å². The molecule has 3 heteroatoms. The number of rotatable bonds is 16. The molecule has 0 aromatic rings. The second-order valence-electron chi connectivity index (χ2n) is 7.13. The Morgan fingerprint density at radius 2 is 1.09 bits per heavy atom. The predicted molar refractivity (Wildman–Crippen MR) is 92.5 cm³/mol. The second-order valence-corrected chi connectivity index (χ2v) is 7.13. The van der Waals surface area contributed by atoms with E-state index in [1.165, 1.54) is 64.2 Å². The van der Waals surface area contributed by atoms with Crippen LogP contribution in [0.25, 0.3) is 0 Å². The molecule has 0 rings (SSSR count). The topological polar surface area (TPSA) is 40.1 Å². The van der Waals surface area contributed by atoms with Crippen molar-refractivity contribution in [2.75, 3.05) is 26.7 Å². The highest BCUT2D eigenvalue weighted by molar-refractivity contribution is 5.65. The molecule has 0 aromatic heterocycles. The van der Waals surface area contributed by atoms with Gasteiger partial charge in [-0.1, -0.05) is 65.2 Å². The molecular formula is C19H39NO2. The van der Waals surface area contributed by atoms with Gasteiger partial charge in [-0.25, -0.2) is 0 Å². The molecule has 3 nitrogen and oxygen atoms in total. The van der Waals surface area contributed by atoms with Crippen molar-refractivity contribution in [3.63, 3.8) is 0 Å². The van der Waals surface area contributed by atoms with E-state index in [4.69, 9.17) is 0 Å². The zero-order valence-electron chi connectivity index (χ0n) is 15.4. The van der Waals surface area contributed by atoms with Crippen LogP contribution in [0.15, 0.2) is 0 Å². The molecule has 0 aliphatic rings. The van der Waals surface area contributed by atoms with Crippen molar-refractivity contribution in [3.8, 4) is 0 Å². The summed E-state index contributed by atoms with van der Waals surface area (Å²) < 4.78 is 0.657. The van der Waals surface area contributed by atoms with Gasteiger partial charge in [-0.05, 0) is 25.7 Å². The minimum Gasteiger partial charge on any atom is -0.544 e. The normalized spacial score (nSPS) is 11.8. The second kappa shape index (κ2) is 14.0. The van der Waals surface area contributed by atoms with Gasteiger partial charge in [0.25, 0.3) is 0 Å². The summed E-state index contributed by atoms with van der Waals surface area (Å²) >= 11 is 0. The van der Waals surface area contributed by atoms with E-state index in [1.807, 2.05) is 0 Å². The van der Waals surface area contributed by atoms with Crippen LogP contribution in [0.1, 0.15) is 90.9 Å². The number of carbonyl (C=O) groups is 1. The molecule has 132 valence electrons. The summed E-state index contributed by atoms with van der Waals surface area (Å²) in [7, 11) is 2.09. The highest BCUT2D eigenvalue weighted by Crippen LogP contribution is 2.13. The lowest BCUT2D eigenvalue weighted by Crippen LogP contribution is -2.52. The molecule has 0 fully saturated rings. The maximum atomic E-state index is 11.0. The van der Waals surface area contributed by atoms with Crippen molar-refractivity contribution >= 4 is 5.97 Å². The Labute approximate surface area is 138 Å². The summed E-state index contributed by atoms with van der Waals surface area (Å²) in [5.41, 5.74) is 0. The molecule has 0 amide bonds. The van der Waals surface area contributed by atoms with Crippen LogP contribution in [-0.4, -0.2) is 37.1 Å². The minimum atomic E-state index is -0.903. The maximum absolute atomic E-state index is 11.0. The van der Waals surface area contributed by atoms with Crippen LogP contribution in [0.4, 0.5) is 0 Å². The smallest absolute Gasteiger partial charge is 0.119 e. The summed E-state index contributed by atoms with van der Waals surface area (Å²) in [6.45, 7) is 6.59. The molecule has 0 aliphatic heterocycles. The van der Waals surface area contributed by atoms with Gasteiger partial charge in [-0.3, -0.25) is 0 Å². The number of unbranched alkanes of at least 4 members (excludes halogenated alkanes) is 10. The van der Waals surface area contributed by atoms with Crippen molar-refractivity contribution in [3.05, 3.63) is 0 Å². The summed E-state index contributed by atoms with van der Waals surface area (Å²) in [5.74, 6) is -0.903. The van der Waals surface area contributed by atoms with E-state index in [0.717, 1.165) is 25.9 Å². The van der Waals surface area contributed by atoms with E-state index in [-0.39, 0.29) is 6.54 Å². The number of likely N-dealkylation sites (N-methyl/N-ethyl adjacent to an activating group) is 1. The SMILES string of the molecule is CCCCCCCC[N+](C)(CCCCCCCC)CC(=O)[O-]. The van der Waals surface area contributed by atoms with Gasteiger partial charge in [0.05, 0.1) is 26.1 Å². The number of hydrogen-bond donors (Lipinski definition) is 0. The third kappa shape index (κ3) is 13.1. The molecular weight excluding hydrogens is 274 g/mol. The largest absolute Gasteiger partial charge is 0.544 e. The highest BCUT2D eigenvalue weighted by atomic mass is 16.4. The van der Waals surface area contributed by atoms with Crippen molar-refractivity contribution < 1.29 is 14.4 Å². The van der Waals surface area contributed by atoms with Gasteiger partial charge in [0.1, 0.15) is 6.54 Å². The maximum Gasteiger partial charge on any atom is 0.119 e. The fraction of sp³-hybridized carbons (Fsp3) is 0.947. The van der Waals surface area contributed by atoms with E-state index in [1.54, 1.807) is 0 Å². The molecule has 0 saturated heterocycles. The van der Waals surface area contributed by atoms with Crippen LogP contribution in [0.2, 0.25) is 0 Å². The summed E-state index contributed by atoms with van der Waals surface area (Å²) in [5, 5.41) is 11.0. The first-order valence-corrected chi connectivity index (χ1v) is 9.57. The Hall–Kier alpha value is -0.570. The standard InChI is InChI=1S/C19H39NO2/c1-4-6-8-10-12-14-16-20(3,18-19(21)22)17-15-13-11-9-7-5-2/h4-18H2,1-3H3. The van der Waals surface area contributed by atoms with Gasteiger partial charge in [0, 0.05) is 0 Å². The first kappa shape index (κ1) is 21.4. The van der Waals surface area contributed by atoms with E-state index < -0.39 is 5.97 Å². The zero-order chi connectivity index (χ0) is 16.7. The third-order valence-electron chi connectivity index (χ3n) is 4.61. The van der Waals surface area contributed by atoms with Crippen LogP contribution in [0.3, 0.4) is 0 Å². The number of quaternary nitrogens is 1. The van der Waals surface area contributed by atoms with Gasteiger partial charge in [0.2, 0.25) is 0 Å². The Morgan fingerprint density at radius 3 is 1.45 bits per heavy atom. The van der Waals surface area contributed by atoms with E-state index in [9.17, 15) is 9.90 Å². The average Bonchev–Trinajstić information content (AvgIpc) is 2.46. The molecule has 0 aromatic carbocycles. The molecule has 0 spiro atoms. The summed E-state index contributed by atoms with van der Waals surface area (Å²) in [6, 6.07) is 0. The fourth-order valence-corrected chi connectivity index (χ4v) is 3.13. The van der Waals surface area contributed by atoms with E-state index in [0.29, 0.717) is 4.48 Å². The Morgan fingerprint density at radius 1 is 0.727 bits per heavy atom. The first-order valence-electron chi connectivity index (χ1n) is 9.57. The number of carbonyl (C=O) groups excluding carboxylic acids is 1. The predicted octanol–water partition coefficient (Wildman–Crippen LogP) is 3.90. The van der Waals surface area contributed by atoms with E-state index >= 15 is 0 Å². The van der Waals surface area contributed by atoms with Crippen LogP contribution in [0.5, 0.6) is 0 Å². The fourth-order valence-electron chi connectivity index (χ4n) is 3.13. The van der Waals surface area contributed by atoms with Crippen LogP contribution in [-0.2, 0) is 4.79 Å². The van der Waals surface area contributed by atoms with Gasteiger partial charge in [-0.15, -0.1) is 0 Å². The number of carboxylic acids is 1. The highest BCUT2D eigenvalue weighted by Gasteiger charge is 2.20.